The number of hydrogen-bond acceptors (Lipinski definition) is 5. The molecule has 0 aromatic heterocycles. The van der Waals surface area contributed by atoms with Crippen molar-refractivity contribution in [2.24, 2.45) is 10.9 Å². The summed E-state index contributed by atoms with van der Waals surface area (Å²) in [6.07, 6.45) is 4.39. The molecule has 9 nitrogen and oxygen atoms in total. The highest BCUT2D eigenvalue weighted by molar-refractivity contribution is 14.0. The molecule has 3 saturated heterocycles. The summed E-state index contributed by atoms with van der Waals surface area (Å²) in [5, 5.41) is 3.43. The van der Waals surface area contributed by atoms with Gasteiger partial charge in [0, 0.05) is 66.0 Å². The fourth-order valence-electron chi connectivity index (χ4n) is 4.51. The first-order valence-corrected chi connectivity index (χ1v) is 12.6. The highest BCUT2D eigenvalue weighted by Crippen LogP contribution is 2.18. The van der Waals surface area contributed by atoms with E-state index in [-0.39, 0.29) is 35.9 Å². The first-order valence-electron chi connectivity index (χ1n) is 10.7. The van der Waals surface area contributed by atoms with Crippen LogP contribution in [-0.2, 0) is 14.8 Å². The summed E-state index contributed by atoms with van der Waals surface area (Å²) < 4.78 is 24.9. The lowest BCUT2D eigenvalue weighted by molar-refractivity contribution is -0.135. The highest BCUT2D eigenvalue weighted by atomic mass is 127. The predicted molar refractivity (Wildman–Crippen MR) is 130 cm³/mol. The standard InChI is InChI=1S/C19H36N6O3S.HI/c1-16(18(26)23-7-4-5-8-23)22-10-12-24(13-11-22)19(20-2)21-14-17-6-9-25(15-17)29(3,27)28;/h16-17H,4-15H2,1-3H3,(H,20,21);1H. The third-order valence-corrected chi connectivity index (χ3v) is 7.68. The molecule has 0 aliphatic carbocycles. The average molecular weight is 557 g/mol. The van der Waals surface area contributed by atoms with Gasteiger partial charge < -0.3 is 15.1 Å². The van der Waals surface area contributed by atoms with E-state index in [2.05, 4.69) is 20.1 Å². The molecule has 11 heteroatoms. The van der Waals surface area contributed by atoms with Gasteiger partial charge in [0.1, 0.15) is 0 Å². The lowest BCUT2D eigenvalue weighted by Gasteiger charge is -2.39. The molecule has 2 atom stereocenters. The van der Waals surface area contributed by atoms with E-state index in [0.29, 0.717) is 19.0 Å². The van der Waals surface area contributed by atoms with Crippen LogP contribution in [-0.4, -0.2) is 118 Å². The monoisotopic (exact) mass is 556 g/mol. The van der Waals surface area contributed by atoms with Gasteiger partial charge in [-0.1, -0.05) is 0 Å². The van der Waals surface area contributed by atoms with Gasteiger partial charge in [-0.05, 0) is 32.1 Å². The molecule has 0 radical (unpaired) electrons. The van der Waals surface area contributed by atoms with E-state index < -0.39 is 10.0 Å². The minimum atomic E-state index is -3.10. The van der Waals surface area contributed by atoms with Crippen molar-refractivity contribution >= 4 is 45.9 Å². The van der Waals surface area contributed by atoms with Gasteiger partial charge in [0.15, 0.2) is 5.96 Å². The summed E-state index contributed by atoms with van der Waals surface area (Å²) >= 11 is 0. The molecule has 174 valence electrons. The first kappa shape index (κ1) is 25.6. The Morgan fingerprint density at radius 2 is 1.70 bits per heavy atom. The number of likely N-dealkylation sites (tertiary alicyclic amines) is 1. The largest absolute Gasteiger partial charge is 0.356 e. The Morgan fingerprint density at radius 1 is 1.07 bits per heavy atom. The lowest BCUT2D eigenvalue weighted by Crippen LogP contribution is -2.57. The van der Waals surface area contributed by atoms with Crippen molar-refractivity contribution in [1.29, 1.82) is 0 Å². The van der Waals surface area contributed by atoms with E-state index in [4.69, 9.17) is 0 Å². The number of hydrogen-bond donors (Lipinski definition) is 1. The summed E-state index contributed by atoms with van der Waals surface area (Å²) in [6, 6.07) is -0.0642. The zero-order chi connectivity index (χ0) is 21.0. The molecule has 3 fully saturated rings. The fourth-order valence-corrected chi connectivity index (χ4v) is 5.43. The molecule has 3 aliphatic heterocycles. The number of piperazine rings is 1. The fraction of sp³-hybridized carbons (Fsp3) is 0.895. The van der Waals surface area contributed by atoms with Crippen molar-refractivity contribution in [2.75, 3.05) is 72.2 Å². The molecule has 0 aromatic rings. The molecule has 2 unspecified atom stereocenters. The van der Waals surface area contributed by atoms with Gasteiger partial charge in [-0.3, -0.25) is 14.7 Å². The number of carbonyl (C=O) groups is 1. The van der Waals surface area contributed by atoms with E-state index in [0.717, 1.165) is 71.0 Å². The van der Waals surface area contributed by atoms with E-state index in [9.17, 15) is 13.2 Å². The second-order valence-corrected chi connectivity index (χ2v) is 10.4. The molecule has 0 aromatic carbocycles. The minimum absolute atomic E-state index is 0. The molecule has 3 rings (SSSR count). The van der Waals surface area contributed by atoms with Gasteiger partial charge in [0.2, 0.25) is 15.9 Å². The van der Waals surface area contributed by atoms with Gasteiger partial charge in [-0.2, -0.15) is 0 Å². The molecular formula is C19H37IN6O3S. The SMILES string of the molecule is CN=C(NCC1CCN(S(C)(=O)=O)C1)N1CCN(C(C)C(=O)N2CCCC2)CC1.I. The Labute approximate surface area is 198 Å². The zero-order valence-electron chi connectivity index (χ0n) is 18.4. The molecule has 0 saturated carbocycles. The van der Waals surface area contributed by atoms with Crippen LogP contribution in [0.25, 0.3) is 0 Å². The van der Waals surface area contributed by atoms with Gasteiger partial charge >= 0.3 is 0 Å². The van der Waals surface area contributed by atoms with Crippen LogP contribution in [0, 0.1) is 5.92 Å². The third kappa shape index (κ3) is 6.42. The summed E-state index contributed by atoms with van der Waals surface area (Å²) in [5.74, 6) is 1.43. The van der Waals surface area contributed by atoms with Gasteiger partial charge in [0.25, 0.3) is 0 Å². The van der Waals surface area contributed by atoms with Crippen LogP contribution in [0.1, 0.15) is 26.2 Å². The van der Waals surface area contributed by atoms with Crippen LogP contribution in [0.2, 0.25) is 0 Å². The van der Waals surface area contributed by atoms with Gasteiger partial charge in [-0.15, -0.1) is 24.0 Å². The third-order valence-electron chi connectivity index (χ3n) is 6.41. The number of carbonyl (C=O) groups excluding carboxylic acids is 1. The Hall–Kier alpha value is -0.660. The molecule has 1 amide bonds. The normalized spacial score (nSPS) is 25.3. The number of rotatable bonds is 5. The number of aliphatic imine (C=N–C) groups is 1. The quantitative estimate of drug-likeness (QED) is 0.294. The van der Waals surface area contributed by atoms with E-state index in [1.807, 2.05) is 11.8 Å². The number of nitrogens with zero attached hydrogens (tertiary/aromatic N) is 5. The summed E-state index contributed by atoms with van der Waals surface area (Å²) in [7, 11) is -1.32. The van der Waals surface area contributed by atoms with Gasteiger partial charge in [0.05, 0.1) is 12.3 Å². The summed E-state index contributed by atoms with van der Waals surface area (Å²) in [6.45, 7) is 9.07. The zero-order valence-corrected chi connectivity index (χ0v) is 21.6. The number of nitrogens with one attached hydrogen (secondary N) is 1. The minimum Gasteiger partial charge on any atom is -0.356 e. The Bertz CT molecular complexity index is 705. The second kappa shape index (κ2) is 11.3. The van der Waals surface area contributed by atoms with Crippen molar-refractivity contribution in [1.82, 2.24) is 24.3 Å². The van der Waals surface area contributed by atoms with Crippen LogP contribution in [0.5, 0.6) is 0 Å². The Balaban J connectivity index is 0.00000320. The van der Waals surface area contributed by atoms with Crippen molar-refractivity contribution < 1.29 is 13.2 Å². The molecule has 0 spiro atoms. The summed E-state index contributed by atoms with van der Waals surface area (Å²) in [5.41, 5.74) is 0. The van der Waals surface area contributed by atoms with E-state index in [1.54, 1.807) is 11.4 Å². The van der Waals surface area contributed by atoms with Crippen LogP contribution < -0.4 is 5.32 Å². The van der Waals surface area contributed by atoms with E-state index in [1.165, 1.54) is 6.26 Å². The average Bonchev–Trinajstić information content (AvgIpc) is 3.39. The smallest absolute Gasteiger partial charge is 0.239 e. The van der Waals surface area contributed by atoms with Crippen LogP contribution in [0.15, 0.2) is 4.99 Å². The molecule has 30 heavy (non-hydrogen) atoms. The Morgan fingerprint density at radius 3 is 2.23 bits per heavy atom. The van der Waals surface area contributed by atoms with Crippen molar-refractivity contribution in [3.63, 3.8) is 0 Å². The van der Waals surface area contributed by atoms with Crippen LogP contribution in [0.3, 0.4) is 0 Å². The molecule has 1 N–H and O–H groups in total. The lowest BCUT2D eigenvalue weighted by atomic mass is 10.1. The van der Waals surface area contributed by atoms with Crippen molar-refractivity contribution in [3.05, 3.63) is 0 Å². The van der Waals surface area contributed by atoms with E-state index >= 15 is 0 Å². The van der Waals surface area contributed by atoms with Gasteiger partial charge in [-0.25, -0.2) is 12.7 Å². The van der Waals surface area contributed by atoms with Crippen LogP contribution in [0.4, 0.5) is 0 Å². The predicted octanol–water partition coefficient (Wildman–Crippen LogP) is 0.0898. The second-order valence-electron chi connectivity index (χ2n) is 8.44. The van der Waals surface area contributed by atoms with Crippen molar-refractivity contribution in [2.45, 2.75) is 32.2 Å². The number of sulfonamides is 1. The molecule has 3 heterocycles. The van der Waals surface area contributed by atoms with Crippen LogP contribution >= 0.6 is 24.0 Å². The maximum absolute atomic E-state index is 12.7. The number of guanidine groups is 1. The number of amides is 1. The molecule has 0 bridgehead atoms. The molecular weight excluding hydrogens is 519 g/mol. The first-order chi connectivity index (χ1) is 13.8. The molecule has 3 aliphatic rings. The maximum atomic E-state index is 12.7. The summed E-state index contributed by atoms with van der Waals surface area (Å²) in [4.78, 5) is 23.6. The maximum Gasteiger partial charge on any atom is 0.239 e. The topological polar surface area (TPSA) is 88.6 Å². The van der Waals surface area contributed by atoms with Crippen molar-refractivity contribution in [3.8, 4) is 0 Å². The highest BCUT2D eigenvalue weighted by Gasteiger charge is 2.31. The number of halogens is 1. The Kier molecular flexibility index (Phi) is 9.62.